The van der Waals surface area contributed by atoms with Crippen molar-refractivity contribution in [3.05, 3.63) is 106 Å². The zero-order valence-electron chi connectivity index (χ0n) is 20.6. The monoisotopic (exact) mass is 592 g/mol. The van der Waals surface area contributed by atoms with Crippen LogP contribution < -0.4 is 16.3 Å². The number of esters is 1. The third kappa shape index (κ3) is 7.29. The Bertz CT molecular complexity index is 1310. The first-order valence-corrected chi connectivity index (χ1v) is 12.8. The van der Waals surface area contributed by atoms with Crippen LogP contribution in [0.1, 0.15) is 33.8 Å². The van der Waals surface area contributed by atoms with Crippen LogP contribution in [0.4, 0.5) is 0 Å². The van der Waals surface area contributed by atoms with Crippen LogP contribution in [0.3, 0.4) is 0 Å². The summed E-state index contributed by atoms with van der Waals surface area (Å²) in [4.78, 5) is 62.4. The number of hydrazine groups is 2. The lowest BCUT2D eigenvalue weighted by atomic mass is 9.91. The molecular weight excluding hydrogens is 568 g/mol. The second-order valence-electron chi connectivity index (χ2n) is 8.75. The molecule has 39 heavy (non-hydrogen) atoms. The van der Waals surface area contributed by atoms with Gasteiger partial charge in [0, 0.05) is 16.5 Å². The molecule has 0 unspecified atom stereocenters. The molecule has 0 aliphatic carbocycles. The van der Waals surface area contributed by atoms with Crippen LogP contribution in [0.15, 0.2) is 89.4 Å². The van der Waals surface area contributed by atoms with E-state index in [-0.39, 0.29) is 13.0 Å². The number of nitrogens with zero attached hydrogens (tertiary/aromatic N) is 1. The first kappa shape index (κ1) is 27.5. The Labute approximate surface area is 232 Å². The lowest BCUT2D eigenvalue weighted by Crippen LogP contribution is -2.46. The van der Waals surface area contributed by atoms with Crippen LogP contribution in [0.25, 0.3) is 0 Å². The fraction of sp³-hybridized carbons (Fsp3) is 0.179. The summed E-state index contributed by atoms with van der Waals surface area (Å²) < 4.78 is 5.83. The van der Waals surface area contributed by atoms with E-state index in [4.69, 9.17) is 4.74 Å². The largest absolute Gasteiger partial charge is 0.455 e. The van der Waals surface area contributed by atoms with Crippen LogP contribution >= 0.6 is 15.9 Å². The number of halogens is 1. The van der Waals surface area contributed by atoms with E-state index in [2.05, 4.69) is 32.2 Å². The third-order valence-corrected chi connectivity index (χ3v) is 6.53. The molecule has 1 heterocycles. The average Bonchev–Trinajstić information content (AvgIpc) is 3.31. The zero-order chi connectivity index (χ0) is 27.8. The minimum absolute atomic E-state index is 0.0956. The maximum Gasteiger partial charge on any atom is 0.311 e. The van der Waals surface area contributed by atoms with E-state index in [0.717, 1.165) is 20.6 Å². The lowest BCUT2D eigenvalue weighted by molar-refractivity contribution is -0.152. The van der Waals surface area contributed by atoms with Crippen molar-refractivity contribution in [2.24, 2.45) is 5.92 Å². The van der Waals surface area contributed by atoms with E-state index in [9.17, 15) is 24.0 Å². The molecule has 0 radical (unpaired) electrons. The van der Waals surface area contributed by atoms with E-state index in [1.807, 2.05) is 60.7 Å². The molecule has 3 aromatic rings. The maximum absolute atomic E-state index is 13.3. The quantitative estimate of drug-likeness (QED) is 0.272. The molecule has 11 heteroatoms. The Morgan fingerprint density at radius 1 is 0.872 bits per heavy atom. The number of rotatable bonds is 8. The van der Waals surface area contributed by atoms with E-state index in [1.54, 1.807) is 24.3 Å². The summed E-state index contributed by atoms with van der Waals surface area (Å²) in [6.45, 7) is -0.748. The highest BCUT2D eigenvalue weighted by atomic mass is 79.9. The summed E-state index contributed by atoms with van der Waals surface area (Å²) in [6, 6.07) is 24.8. The van der Waals surface area contributed by atoms with Gasteiger partial charge in [-0.1, -0.05) is 76.6 Å². The van der Waals surface area contributed by atoms with Crippen molar-refractivity contribution in [2.45, 2.75) is 12.3 Å². The van der Waals surface area contributed by atoms with Gasteiger partial charge < -0.3 is 4.74 Å². The summed E-state index contributed by atoms with van der Waals surface area (Å²) >= 11 is 3.27. The van der Waals surface area contributed by atoms with Gasteiger partial charge >= 0.3 is 5.97 Å². The number of carbonyl (C=O) groups is 5. The van der Waals surface area contributed by atoms with Crippen LogP contribution in [0.2, 0.25) is 0 Å². The molecule has 3 aromatic carbocycles. The lowest BCUT2D eigenvalue weighted by Gasteiger charge is -2.23. The molecule has 1 aliphatic heterocycles. The van der Waals surface area contributed by atoms with Gasteiger partial charge in [-0.15, -0.1) is 0 Å². The minimum Gasteiger partial charge on any atom is -0.455 e. The number of ether oxygens (including phenoxy) is 1. The number of benzene rings is 3. The van der Waals surface area contributed by atoms with Gasteiger partial charge in [0.2, 0.25) is 5.91 Å². The van der Waals surface area contributed by atoms with Gasteiger partial charge in [0.25, 0.3) is 17.7 Å². The van der Waals surface area contributed by atoms with Crippen molar-refractivity contribution >= 4 is 45.5 Å². The van der Waals surface area contributed by atoms with Gasteiger partial charge in [-0.2, -0.15) is 0 Å². The van der Waals surface area contributed by atoms with Gasteiger partial charge in [-0.05, 0) is 35.4 Å². The molecule has 4 rings (SSSR count). The SMILES string of the molecule is O=C(COC(=O)[C@H]1CC(=O)N(NC(=O)C(c2ccccc2)c2ccccc2)C1)NNC(=O)c1ccc(Br)cc1. The highest BCUT2D eigenvalue weighted by Crippen LogP contribution is 2.26. The Hall–Kier alpha value is -4.51. The molecule has 10 nitrogen and oxygen atoms in total. The first-order chi connectivity index (χ1) is 18.8. The molecule has 1 saturated heterocycles. The number of carbonyl (C=O) groups excluding carboxylic acids is 5. The van der Waals surface area contributed by atoms with Crippen molar-refractivity contribution in [1.29, 1.82) is 0 Å². The predicted molar refractivity (Wildman–Crippen MR) is 143 cm³/mol. The number of nitrogens with one attached hydrogen (secondary N) is 3. The van der Waals surface area contributed by atoms with E-state index >= 15 is 0 Å². The van der Waals surface area contributed by atoms with Crippen LogP contribution in [-0.2, 0) is 23.9 Å². The minimum atomic E-state index is -0.866. The second-order valence-corrected chi connectivity index (χ2v) is 9.67. The van der Waals surface area contributed by atoms with Crippen molar-refractivity contribution in [3.63, 3.8) is 0 Å². The van der Waals surface area contributed by atoms with Gasteiger partial charge in [-0.25, -0.2) is 0 Å². The topological polar surface area (TPSA) is 134 Å². The molecular formula is C28H25BrN4O6. The van der Waals surface area contributed by atoms with Crippen LogP contribution in [0.5, 0.6) is 0 Å². The summed E-state index contributed by atoms with van der Waals surface area (Å²) in [5, 5.41) is 1.10. The van der Waals surface area contributed by atoms with Crippen molar-refractivity contribution in [1.82, 2.24) is 21.3 Å². The Morgan fingerprint density at radius 3 is 2.05 bits per heavy atom. The van der Waals surface area contributed by atoms with Gasteiger partial charge in [0.1, 0.15) is 0 Å². The standard InChI is InChI=1S/C28H25BrN4O6/c29-22-13-11-20(12-14-22)26(36)31-30-23(34)17-39-28(38)21-15-24(35)33(16-21)32-27(37)25(18-7-3-1-4-8-18)19-9-5-2-6-10-19/h1-14,21,25H,15-17H2,(H,30,34)(H,31,36)(H,32,37)/t21-/m0/s1. The Balaban J connectivity index is 1.28. The Morgan fingerprint density at radius 2 is 1.46 bits per heavy atom. The Kier molecular flexibility index (Phi) is 9.06. The highest BCUT2D eigenvalue weighted by molar-refractivity contribution is 9.10. The summed E-state index contributed by atoms with van der Waals surface area (Å²) in [7, 11) is 0. The van der Waals surface area contributed by atoms with Gasteiger partial charge in [0.15, 0.2) is 6.61 Å². The van der Waals surface area contributed by atoms with E-state index in [0.29, 0.717) is 5.56 Å². The van der Waals surface area contributed by atoms with E-state index < -0.39 is 48.0 Å². The first-order valence-electron chi connectivity index (χ1n) is 12.0. The number of amides is 4. The fourth-order valence-corrected chi connectivity index (χ4v) is 4.31. The molecule has 1 aliphatic rings. The number of hydrogen-bond donors (Lipinski definition) is 3. The summed E-state index contributed by atoms with van der Waals surface area (Å²) in [5.74, 6) is -4.46. The fourth-order valence-electron chi connectivity index (χ4n) is 4.05. The van der Waals surface area contributed by atoms with Crippen molar-refractivity contribution < 1.29 is 28.7 Å². The zero-order valence-corrected chi connectivity index (χ0v) is 22.2. The normalized spacial score (nSPS) is 14.6. The van der Waals surface area contributed by atoms with Crippen LogP contribution in [-0.4, -0.2) is 47.8 Å². The molecule has 0 aromatic heterocycles. The van der Waals surface area contributed by atoms with Crippen LogP contribution in [0, 0.1) is 5.92 Å². The molecule has 1 atom stereocenters. The van der Waals surface area contributed by atoms with Gasteiger partial charge in [0.05, 0.1) is 18.4 Å². The predicted octanol–water partition coefficient (Wildman–Crippen LogP) is 2.47. The summed E-state index contributed by atoms with van der Waals surface area (Å²) in [5.41, 5.74) is 8.86. The van der Waals surface area contributed by atoms with Crippen molar-refractivity contribution in [3.8, 4) is 0 Å². The average molecular weight is 593 g/mol. The molecule has 0 spiro atoms. The van der Waals surface area contributed by atoms with Crippen molar-refractivity contribution in [2.75, 3.05) is 13.2 Å². The molecule has 0 bridgehead atoms. The highest BCUT2D eigenvalue weighted by Gasteiger charge is 2.37. The second kappa shape index (κ2) is 12.8. The molecule has 4 amide bonds. The third-order valence-electron chi connectivity index (χ3n) is 6.00. The smallest absolute Gasteiger partial charge is 0.311 e. The summed E-state index contributed by atoms with van der Waals surface area (Å²) in [6.07, 6.45) is -0.178. The van der Waals surface area contributed by atoms with Gasteiger partial charge in [-0.3, -0.25) is 45.3 Å². The number of hydrogen-bond acceptors (Lipinski definition) is 6. The van der Waals surface area contributed by atoms with E-state index in [1.165, 1.54) is 0 Å². The molecule has 0 saturated carbocycles. The molecule has 3 N–H and O–H groups in total. The molecule has 1 fully saturated rings. The molecule has 200 valence electrons. The maximum atomic E-state index is 13.3.